The van der Waals surface area contributed by atoms with E-state index in [0.29, 0.717) is 5.56 Å². The first-order chi connectivity index (χ1) is 8.79. The van der Waals surface area contributed by atoms with E-state index >= 15 is 0 Å². The van der Waals surface area contributed by atoms with Crippen molar-refractivity contribution in [2.75, 3.05) is 16.8 Å². The number of para-hydroxylation sites is 2. The topological polar surface area (TPSA) is 30.3 Å². The molecule has 19 heavy (non-hydrogen) atoms. The summed E-state index contributed by atoms with van der Waals surface area (Å²) >= 11 is 0. The molecule has 1 radical (unpaired) electrons. The smallest absolute Gasteiger partial charge is 0.0326 e. The molecule has 1 aliphatic rings. The third kappa shape index (κ3) is 2.35. The molecule has 0 aromatic heterocycles. The molecule has 3 rings (SSSR count). The van der Waals surface area contributed by atoms with Gasteiger partial charge >= 0.3 is 0 Å². The standard InChI is InChI=1S/C15H11N3.Ir/c1-17-11-18(15-5-3-2-4-14(15)17)13-8-6-12(10-16)7-9-13;/h2-8,11H,1H3;/q-2;. The van der Waals surface area contributed by atoms with E-state index in [4.69, 9.17) is 5.26 Å². The van der Waals surface area contributed by atoms with Crippen LogP contribution in [0.25, 0.3) is 0 Å². The normalized spacial score (nSPS) is 12.6. The van der Waals surface area contributed by atoms with Crippen LogP contribution in [-0.2, 0) is 20.1 Å². The van der Waals surface area contributed by atoms with Gasteiger partial charge in [-0.05, 0) is 19.2 Å². The quantitative estimate of drug-likeness (QED) is 0.658. The SMILES string of the molecule is CN1[CH-]N(c2[c-]cc(C#N)cc2)c2ccccc21.[Ir]. The molecule has 0 N–H and O–H groups in total. The second kappa shape index (κ2) is 5.44. The summed E-state index contributed by atoms with van der Waals surface area (Å²) in [6, 6.07) is 18.9. The van der Waals surface area contributed by atoms with E-state index < -0.39 is 0 Å². The van der Waals surface area contributed by atoms with Gasteiger partial charge in [-0.1, -0.05) is 17.7 Å². The van der Waals surface area contributed by atoms with E-state index in [2.05, 4.69) is 34.1 Å². The average molecular weight is 425 g/mol. The van der Waals surface area contributed by atoms with Crippen LogP contribution in [0.2, 0.25) is 0 Å². The zero-order valence-electron chi connectivity index (χ0n) is 10.3. The third-order valence-electron chi connectivity index (χ3n) is 2.99. The number of hydrogen-bond acceptors (Lipinski definition) is 3. The summed E-state index contributed by atoms with van der Waals surface area (Å²) in [6.45, 7) is 2.02. The molecule has 3 nitrogen and oxygen atoms in total. The van der Waals surface area contributed by atoms with Crippen molar-refractivity contribution in [3.63, 3.8) is 0 Å². The van der Waals surface area contributed by atoms with E-state index in [1.165, 1.54) is 0 Å². The Morgan fingerprint density at radius 1 is 1.16 bits per heavy atom. The Hall–Kier alpha value is -1.82. The second-order valence-electron chi connectivity index (χ2n) is 4.16. The van der Waals surface area contributed by atoms with Crippen LogP contribution in [0.5, 0.6) is 0 Å². The van der Waals surface area contributed by atoms with Gasteiger partial charge in [-0.25, -0.2) is 5.26 Å². The van der Waals surface area contributed by atoms with Crippen LogP contribution in [0, 0.1) is 24.1 Å². The molecule has 2 aromatic rings. The molecule has 0 amide bonds. The molecular weight excluding hydrogens is 414 g/mol. The number of nitriles is 1. The fraction of sp³-hybridized carbons (Fsp3) is 0.0667. The van der Waals surface area contributed by atoms with E-state index in [0.717, 1.165) is 17.1 Å². The minimum absolute atomic E-state index is 0. The largest absolute Gasteiger partial charge is 0.504 e. The maximum Gasteiger partial charge on any atom is 0.0326 e. The average Bonchev–Trinajstić information content (AvgIpc) is 2.77. The molecule has 0 atom stereocenters. The molecule has 0 aliphatic carbocycles. The summed E-state index contributed by atoms with van der Waals surface area (Å²) in [5, 5.41) is 8.79. The monoisotopic (exact) mass is 426 g/mol. The van der Waals surface area contributed by atoms with E-state index in [9.17, 15) is 0 Å². The summed E-state index contributed by atoms with van der Waals surface area (Å²) in [5.74, 6) is 0. The van der Waals surface area contributed by atoms with Crippen molar-refractivity contribution in [1.82, 2.24) is 0 Å². The summed E-state index contributed by atoms with van der Waals surface area (Å²) < 4.78 is 0. The fourth-order valence-electron chi connectivity index (χ4n) is 2.09. The molecule has 0 saturated heterocycles. The third-order valence-corrected chi connectivity index (χ3v) is 2.99. The maximum atomic E-state index is 8.79. The van der Waals surface area contributed by atoms with Gasteiger partial charge in [0.25, 0.3) is 0 Å². The molecule has 0 spiro atoms. The van der Waals surface area contributed by atoms with Gasteiger partial charge < -0.3 is 9.80 Å². The molecule has 97 valence electrons. The minimum Gasteiger partial charge on any atom is -0.504 e. The second-order valence-corrected chi connectivity index (χ2v) is 4.16. The molecule has 1 heterocycles. The number of anilines is 3. The van der Waals surface area contributed by atoms with Crippen LogP contribution < -0.4 is 9.80 Å². The van der Waals surface area contributed by atoms with Gasteiger partial charge in [-0.15, -0.1) is 11.8 Å². The summed E-state index contributed by atoms with van der Waals surface area (Å²) in [7, 11) is 2.02. The molecule has 0 bridgehead atoms. The summed E-state index contributed by atoms with van der Waals surface area (Å²) in [6.07, 6.45) is 0. The first kappa shape index (κ1) is 13.6. The van der Waals surface area contributed by atoms with Crippen molar-refractivity contribution in [3.05, 3.63) is 60.8 Å². The number of rotatable bonds is 1. The molecule has 1 aliphatic heterocycles. The number of nitrogens with zero attached hydrogens (tertiary/aromatic N) is 3. The van der Waals surface area contributed by atoms with Crippen LogP contribution in [-0.4, -0.2) is 7.05 Å². The van der Waals surface area contributed by atoms with Gasteiger partial charge in [0, 0.05) is 37.5 Å². The van der Waals surface area contributed by atoms with Crippen molar-refractivity contribution >= 4 is 17.1 Å². The van der Waals surface area contributed by atoms with Crippen molar-refractivity contribution < 1.29 is 20.1 Å². The predicted molar refractivity (Wildman–Crippen MR) is 71.3 cm³/mol. The van der Waals surface area contributed by atoms with Gasteiger partial charge in [0.15, 0.2) is 0 Å². The first-order valence-corrected chi connectivity index (χ1v) is 5.67. The van der Waals surface area contributed by atoms with Gasteiger partial charge in [0.1, 0.15) is 0 Å². The van der Waals surface area contributed by atoms with Crippen LogP contribution in [0.15, 0.2) is 42.5 Å². The van der Waals surface area contributed by atoms with E-state index in [1.807, 2.05) is 31.9 Å². The minimum atomic E-state index is 0. The van der Waals surface area contributed by atoms with Crippen molar-refractivity contribution in [3.8, 4) is 6.07 Å². The van der Waals surface area contributed by atoms with Gasteiger partial charge in [0.05, 0.1) is 0 Å². The van der Waals surface area contributed by atoms with Gasteiger partial charge in [0.2, 0.25) is 0 Å². The van der Waals surface area contributed by atoms with E-state index in [-0.39, 0.29) is 20.1 Å². The summed E-state index contributed by atoms with van der Waals surface area (Å²) in [5.41, 5.74) is 3.85. The number of fused-ring (bicyclic) bond motifs is 1. The Labute approximate surface area is 126 Å². The van der Waals surface area contributed by atoms with E-state index in [1.54, 1.807) is 12.1 Å². The molecule has 0 fully saturated rings. The number of hydrogen-bond donors (Lipinski definition) is 0. The van der Waals surface area contributed by atoms with Gasteiger partial charge in [-0.3, -0.25) is 0 Å². The van der Waals surface area contributed by atoms with Crippen LogP contribution in [0.4, 0.5) is 17.1 Å². The Balaban J connectivity index is 0.00000133. The zero-order valence-corrected chi connectivity index (χ0v) is 12.7. The Kier molecular flexibility index (Phi) is 3.90. The maximum absolute atomic E-state index is 8.79. The van der Waals surface area contributed by atoms with Crippen molar-refractivity contribution in [2.45, 2.75) is 0 Å². The number of benzene rings is 2. The predicted octanol–water partition coefficient (Wildman–Crippen LogP) is 3.06. The van der Waals surface area contributed by atoms with Crippen LogP contribution in [0.1, 0.15) is 5.56 Å². The zero-order chi connectivity index (χ0) is 12.5. The Morgan fingerprint density at radius 3 is 2.53 bits per heavy atom. The van der Waals surface area contributed by atoms with Crippen LogP contribution >= 0.6 is 0 Å². The molecule has 4 heteroatoms. The first-order valence-electron chi connectivity index (χ1n) is 5.67. The van der Waals surface area contributed by atoms with Crippen LogP contribution in [0.3, 0.4) is 0 Å². The molecule has 0 saturated carbocycles. The molecule has 0 unspecified atom stereocenters. The fourth-order valence-corrected chi connectivity index (χ4v) is 2.09. The van der Waals surface area contributed by atoms with Crippen molar-refractivity contribution in [1.29, 1.82) is 5.26 Å². The van der Waals surface area contributed by atoms with Gasteiger partial charge in [-0.2, -0.15) is 24.9 Å². The Bertz CT molecular complexity index is 616. The Morgan fingerprint density at radius 2 is 1.89 bits per heavy atom. The summed E-state index contributed by atoms with van der Waals surface area (Å²) in [4.78, 5) is 4.14. The molecule has 2 aromatic carbocycles. The van der Waals surface area contributed by atoms with Crippen molar-refractivity contribution in [2.24, 2.45) is 0 Å². The molecular formula is C15H11IrN3-2.